The largest absolute Gasteiger partial charge is 0.347 e. The average molecular weight is 410 g/mol. The highest BCUT2D eigenvalue weighted by atomic mass is 16.2. The van der Waals surface area contributed by atoms with Gasteiger partial charge in [-0.1, -0.05) is 12.1 Å². The van der Waals surface area contributed by atoms with Crippen molar-refractivity contribution in [2.24, 2.45) is 23.2 Å². The Balaban J connectivity index is 1.15. The van der Waals surface area contributed by atoms with Crippen molar-refractivity contribution in [3.63, 3.8) is 0 Å². The lowest BCUT2D eigenvalue weighted by molar-refractivity contribution is -0.146. The van der Waals surface area contributed by atoms with Crippen molar-refractivity contribution in [3.05, 3.63) is 29.8 Å². The number of nitrogens with zero attached hydrogens (tertiary/aromatic N) is 1. The Morgan fingerprint density at radius 1 is 1.07 bits per heavy atom. The number of hydrogen-bond donors (Lipinski definition) is 2. The molecule has 5 aliphatic rings. The summed E-state index contributed by atoms with van der Waals surface area (Å²) >= 11 is 0. The molecule has 1 aromatic carbocycles. The lowest BCUT2D eigenvalue weighted by Crippen LogP contribution is -2.54. The van der Waals surface area contributed by atoms with Crippen LogP contribution in [0.15, 0.2) is 24.3 Å². The number of carbonyl (C=O) groups is 3. The minimum Gasteiger partial charge on any atom is -0.347 e. The Morgan fingerprint density at radius 3 is 2.40 bits per heavy atom. The second-order valence-electron chi connectivity index (χ2n) is 10.0. The normalized spacial score (nSPS) is 31.8. The summed E-state index contributed by atoms with van der Waals surface area (Å²) in [6, 6.07) is 7.61. The monoisotopic (exact) mass is 409 g/mol. The number of hydrogen-bond acceptors (Lipinski definition) is 3. The number of amides is 3. The van der Waals surface area contributed by atoms with E-state index < -0.39 is 0 Å². The van der Waals surface area contributed by atoms with Crippen molar-refractivity contribution < 1.29 is 14.4 Å². The van der Waals surface area contributed by atoms with Gasteiger partial charge >= 0.3 is 0 Å². The van der Waals surface area contributed by atoms with Gasteiger partial charge in [0.2, 0.25) is 17.7 Å². The first-order chi connectivity index (χ1) is 14.5. The first kappa shape index (κ1) is 19.6. The molecule has 6 heteroatoms. The lowest BCUT2D eigenvalue weighted by atomic mass is 9.49. The van der Waals surface area contributed by atoms with Crippen LogP contribution in [0.25, 0.3) is 0 Å². The van der Waals surface area contributed by atoms with E-state index in [1.165, 1.54) is 19.3 Å². The predicted molar refractivity (Wildman–Crippen MR) is 113 cm³/mol. The average Bonchev–Trinajstić information content (AvgIpc) is 3.10. The Morgan fingerprint density at radius 2 is 1.77 bits per heavy atom. The van der Waals surface area contributed by atoms with Gasteiger partial charge in [0, 0.05) is 30.6 Å². The number of nitrogens with one attached hydrogen (secondary N) is 2. The van der Waals surface area contributed by atoms with Gasteiger partial charge in [-0.25, -0.2) is 0 Å². The van der Waals surface area contributed by atoms with Gasteiger partial charge in [0.25, 0.3) is 0 Å². The molecule has 3 amide bonds. The van der Waals surface area contributed by atoms with E-state index in [0.29, 0.717) is 36.4 Å². The maximum atomic E-state index is 13.0. The van der Waals surface area contributed by atoms with Crippen LogP contribution in [-0.4, -0.2) is 35.7 Å². The molecule has 4 aliphatic carbocycles. The summed E-state index contributed by atoms with van der Waals surface area (Å²) in [5, 5.41) is 5.83. The zero-order valence-corrected chi connectivity index (χ0v) is 17.5. The van der Waals surface area contributed by atoms with Crippen molar-refractivity contribution in [1.82, 2.24) is 10.2 Å². The Bertz CT molecular complexity index is 830. The molecule has 1 heterocycles. The highest BCUT2D eigenvalue weighted by molar-refractivity contribution is 5.95. The fourth-order valence-electron chi connectivity index (χ4n) is 6.78. The SMILES string of the molecule is O=C(CNC(=O)C12CC3CC(CC(C3)C1)C2)Nc1cccc(CN2CCCC2=O)c1. The van der Waals surface area contributed by atoms with E-state index in [1.807, 2.05) is 29.2 Å². The van der Waals surface area contributed by atoms with Crippen LogP contribution in [0.4, 0.5) is 5.69 Å². The summed E-state index contributed by atoms with van der Waals surface area (Å²) in [4.78, 5) is 39.2. The van der Waals surface area contributed by atoms with E-state index in [9.17, 15) is 14.4 Å². The van der Waals surface area contributed by atoms with Gasteiger partial charge in [-0.15, -0.1) is 0 Å². The van der Waals surface area contributed by atoms with E-state index in [4.69, 9.17) is 0 Å². The third-order valence-electron chi connectivity index (χ3n) is 7.68. The topological polar surface area (TPSA) is 78.5 Å². The van der Waals surface area contributed by atoms with E-state index in [-0.39, 0.29) is 29.7 Å². The molecule has 5 fully saturated rings. The second-order valence-corrected chi connectivity index (χ2v) is 10.0. The first-order valence-electron chi connectivity index (χ1n) is 11.4. The highest BCUT2D eigenvalue weighted by Gasteiger charge is 2.54. The molecule has 0 aromatic heterocycles. The van der Waals surface area contributed by atoms with Crippen LogP contribution in [0.2, 0.25) is 0 Å². The van der Waals surface area contributed by atoms with Crippen LogP contribution in [0.3, 0.4) is 0 Å². The molecule has 30 heavy (non-hydrogen) atoms. The molecule has 1 saturated heterocycles. The molecule has 0 spiro atoms. The summed E-state index contributed by atoms with van der Waals surface area (Å²) in [7, 11) is 0. The van der Waals surface area contributed by atoms with Gasteiger partial charge in [0.15, 0.2) is 0 Å². The molecule has 0 atom stereocenters. The Hall–Kier alpha value is -2.37. The van der Waals surface area contributed by atoms with E-state index in [1.54, 1.807) is 0 Å². The maximum absolute atomic E-state index is 13.0. The zero-order valence-electron chi connectivity index (χ0n) is 17.5. The number of carbonyl (C=O) groups excluding carboxylic acids is 3. The molecule has 2 N–H and O–H groups in total. The summed E-state index contributed by atoms with van der Waals surface area (Å²) < 4.78 is 0. The van der Waals surface area contributed by atoms with Crippen LogP contribution in [0, 0.1) is 23.2 Å². The Labute approximate surface area is 177 Å². The molecule has 4 bridgehead atoms. The van der Waals surface area contributed by atoms with Gasteiger partial charge in [-0.05, 0) is 80.4 Å². The van der Waals surface area contributed by atoms with Crippen molar-refractivity contribution in [1.29, 1.82) is 0 Å². The number of rotatable bonds is 6. The smallest absolute Gasteiger partial charge is 0.243 e. The molecular weight excluding hydrogens is 378 g/mol. The third kappa shape index (κ3) is 3.84. The van der Waals surface area contributed by atoms with Crippen LogP contribution in [0.1, 0.15) is 56.9 Å². The first-order valence-corrected chi connectivity index (χ1v) is 11.4. The minimum absolute atomic E-state index is 0.00935. The van der Waals surface area contributed by atoms with Crippen molar-refractivity contribution in [2.75, 3.05) is 18.4 Å². The van der Waals surface area contributed by atoms with Crippen molar-refractivity contribution in [3.8, 4) is 0 Å². The van der Waals surface area contributed by atoms with Gasteiger partial charge < -0.3 is 15.5 Å². The molecule has 0 unspecified atom stereocenters. The van der Waals surface area contributed by atoms with Crippen molar-refractivity contribution >= 4 is 23.4 Å². The second kappa shape index (κ2) is 7.71. The summed E-state index contributed by atoms with van der Waals surface area (Å²) in [5.74, 6) is 2.19. The minimum atomic E-state index is -0.225. The summed E-state index contributed by atoms with van der Waals surface area (Å²) in [6.07, 6.45) is 8.45. The molecule has 6 rings (SSSR count). The fourth-order valence-corrected chi connectivity index (χ4v) is 6.78. The number of benzene rings is 1. The summed E-state index contributed by atoms with van der Waals surface area (Å²) in [5.41, 5.74) is 1.48. The van der Waals surface area contributed by atoms with Gasteiger partial charge in [0.1, 0.15) is 0 Å². The molecule has 1 aliphatic heterocycles. The summed E-state index contributed by atoms with van der Waals surface area (Å²) in [6.45, 7) is 1.38. The number of likely N-dealkylation sites (tertiary alicyclic amines) is 1. The van der Waals surface area contributed by atoms with Gasteiger partial charge in [-0.3, -0.25) is 14.4 Å². The molecule has 6 nitrogen and oxygen atoms in total. The molecule has 160 valence electrons. The van der Waals surface area contributed by atoms with E-state index in [2.05, 4.69) is 10.6 Å². The van der Waals surface area contributed by atoms with E-state index in [0.717, 1.165) is 37.8 Å². The van der Waals surface area contributed by atoms with Crippen molar-refractivity contribution in [2.45, 2.75) is 57.9 Å². The molecule has 4 saturated carbocycles. The third-order valence-corrected chi connectivity index (χ3v) is 7.68. The lowest BCUT2D eigenvalue weighted by Gasteiger charge is -2.55. The Kier molecular flexibility index (Phi) is 5.03. The predicted octanol–water partition coefficient (Wildman–Crippen LogP) is 3.08. The van der Waals surface area contributed by atoms with Crippen LogP contribution in [0.5, 0.6) is 0 Å². The fraction of sp³-hybridized carbons (Fsp3) is 0.625. The quantitative estimate of drug-likeness (QED) is 0.758. The zero-order chi connectivity index (χ0) is 20.7. The van der Waals surface area contributed by atoms with E-state index >= 15 is 0 Å². The molecule has 1 aromatic rings. The highest BCUT2D eigenvalue weighted by Crippen LogP contribution is 2.60. The maximum Gasteiger partial charge on any atom is 0.243 e. The van der Waals surface area contributed by atoms with Crippen LogP contribution in [-0.2, 0) is 20.9 Å². The van der Waals surface area contributed by atoms with Gasteiger partial charge in [-0.2, -0.15) is 0 Å². The standard InChI is InChI=1S/C24H31N3O3/c28-21(26-20-4-1-3-16(10-20)15-27-6-2-5-22(27)29)14-25-23(30)24-11-17-7-18(12-24)9-19(8-17)13-24/h1,3-4,10,17-19H,2,5-9,11-15H2,(H,25,30)(H,26,28). The number of anilines is 1. The molecular formula is C24H31N3O3. The van der Waals surface area contributed by atoms with Gasteiger partial charge in [0.05, 0.1) is 6.54 Å². The van der Waals surface area contributed by atoms with Crippen LogP contribution >= 0.6 is 0 Å². The van der Waals surface area contributed by atoms with Crippen LogP contribution < -0.4 is 10.6 Å². The molecule has 0 radical (unpaired) electrons.